The molecular weight excluding hydrogens is 252 g/mol. The standard InChI is InChI=1S/C15H20N4O/c1-19-7-3-5-11(19)9-17-15(20)13-8-10-4-2-6-12(16)14(10)18-13/h2,4,6,8,11,18H,3,5,7,9,16H2,1H3,(H,17,20). The summed E-state index contributed by atoms with van der Waals surface area (Å²) in [6.07, 6.45) is 2.36. The Labute approximate surface area is 118 Å². The molecule has 1 fully saturated rings. The van der Waals surface area contributed by atoms with Crippen LogP contribution in [0.5, 0.6) is 0 Å². The Kier molecular flexibility index (Phi) is 3.36. The number of nitrogens with zero attached hydrogens (tertiary/aromatic N) is 1. The summed E-state index contributed by atoms with van der Waals surface area (Å²) in [7, 11) is 2.10. The zero-order valence-corrected chi connectivity index (χ0v) is 11.6. The normalized spacial score (nSPS) is 19.6. The molecule has 5 nitrogen and oxygen atoms in total. The van der Waals surface area contributed by atoms with E-state index >= 15 is 0 Å². The molecule has 20 heavy (non-hydrogen) atoms. The lowest BCUT2D eigenvalue weighted by Gasteiger charge is -2.19. The maximum absolute atomic E-state index is 12.2. The minimum Gasteiger partial charge on any atom is -0.397 e. The Balaban J connectivity index is 1.71. The van der Waals surface area contributed by atoms with Gasteiger partial charge >= 0.3 is 0 Å². The number of benzene rings is 1. The first-order chi connectivity index (χ1) is 9.65. The summed E-state index contributed by atoms with van der Waals surface area (Å²) in [5.74, 6) is -0.0686. The number of fused-ring (bicyclic) bond motifs is 1. The molecular formula is C15H20N4O. The number of para-hydroxylation sites is 1. The van der Waals surface area contributed by atoms with Crippen LogP contribution >= 0.6 is 0 Å². The molecule has 1 aliphatic rings. The van der Waals surface area contributed by atoms with Crippen molar-refractivity contribution in [3.05, 3.63) is 30.0 Å². The van der Waals surface area contributed by atoms with Crippen LogP contribution in [0.25, 0.3) is 10.9 Å². The quantitative estimate of drug-likeness (QED) is 0.743. The molecule has 1 aromatic heterocycles. The van der Waals surface area contributed by atoms with Crippen LogP contribution in [0.3, 0.4) is 0 Å². The Morgan fingerprint density at radius 1 is 1.55 bits per heavy atom. The van der Waals surface area contributed by atoms with Gasteiger partial charge in [-0.05, 0) is 38.6 Å². The third-order valence-corrected chi connectivity index (χ3v) is 4.10. The van der Waals surface area contributed by atoms with Gasteiger partial charge in [0.1, 0.15) is 5.69 Å². The van der Waals surface area contributed by atoms with Crippen molar-refractivity contribution in [2.24, 2.45) is 0 Å². The van der Waals surface area contributed by atoms with Crippen molar-refractivity contribution in [3.8, 4) is 0 Å². The fraction of sp³-hybridized carbons (Fsp3) is 0.400. The third-order valence-electron chi connectivity index (χ3n) is 4.10. The molecule has 0 saturated carbocycles. The molecule has 106 valence electrons. The number of likely N-dealkylation sites (tertiary alicyclic amines) is 1. The molecule has 5 heteroatoms. The summed E-state index contributed by atoms with van der Waals surface area (Å²) in [6.45, 7) is 1.81. The van der Waals surface area contributed by atoms with Crippen LogP contribution in [0.2, 0.25) is 0 Å². The van der Waals surface area contributed by atoms with Gasteiger partial charge < -0.3 is 20.9 Å². The maximum atomic E-state index is 12.2. The van der Waals surface area contributed by atoms with E-state index in [1.165, 1.54) is 6.42 Å². The van der Waals surface area contributed by atoms with Gasteiger partial charge in [-0.3, -0.25) is 4.79 Å². The Bertz CT molecular complexity index is 634. The first-order valence-corrected chi connectivity index (χ1v) is 7.01. The maximum Gasteiger partial charge on any atom is 0.267 e. The van der Waals surface area contributed by atoms with E-state index in [1.807, 2.05) is 24.3 Å². The lowest BCUT2D eigenvalue weighted by Crippen LogP contribution is -2.38. The predicted molar refractivity (Wildman–Crippen MR) is 80.7 cm³/mol. The van der Waals surface area contributed by atoms with Crippen LogP contribution in [0.15, 0.2) is 24.3 Å². The van der Waals surface area contributed by atoms with Crippen molar-refractivity contribution >= 4 is 22.5 Å². The molecule has 4 N–H and O–H groups in total. The van der Waals surface area contributed by atoms with Gasteiger partial charge in [0, 0.05) is 18.0 Å². The van der Waals surface area contributed by atoms with Gasteiger partial charge in [0.25, 0.3) is 5.91 Å². The Morgan fingerprint density at radius 3 is 3.10 bits per heavy atom. The number of amides is 1. The minimum atomic E-state index is -0.0686. The number of carbonyl (C=O) groups excluding carboxylic acids is 1. The highest BCUT2D eigenvalue weighted by atomic mass is 16.1. The summed E-state index contributed by atoms with van der Waals surface area (Å²) in [5.41, 5.74) is 7.95. The average molecular weight is 272 g/mol. The van der Waals surface area contributed by atoms with E-state index in [0.29, 0.717) is 24.0 Å². The van der Waals surface area contributed by atoms with Crippen LogP contribution in [0, 0.1) is 0 Å². The summed E-state index contributed by atoms with van der Waals surface area (Å²) in [4.78, 5) is 17.6. The fourth-order valence-corrected chi connectivity index (χ4v) is 2.84. The van der Waals surface area contributed by atoms with E-state index in [-0.39, 0.29) is 5.91 Å². The molecule has 1 aliphatic heterocycles. The Hall–Kier alpha value is -2.01. The summed E-state index contributed by atoms with van der Waals surface area (Å²) in [6, 6.07) is 7.96. The summed E-state index contributed by atoms with van der Waals surface area (Å²) in [5, 5.41) is 3.96. The van der Waals surface area contributed by atoms with Crippen LogP contribution < -0.4 is 11.1 Å². The van der Waals surface area contributed by atoms with Gasteiger partial charge in [-0.1, -0.05) is 12.1 Å². The first kappa shape index (κ1) is 13.0. The number of hydrogen-bond acceptors (Lipinski definition) is 3. The average Bonchev–Trinajstić information content (AvgIpc) is 3.03. The van der Waals surface area contributed by atoms with Crippen molar-refractivity contribution in [2.75, 3.05) is 25.9 Å². The molecule has 0 bridgehead atoms. The Morgan fingerprint density at radius 2 is 2.40 bits per heavy atom. The molecule has 2 aromatic rings. The molecule has 1 unspecified atom stereocenters. The van der Waals surface area contributed by atoms with E-state index in [0.717, 1.165) is 23.9 Å². The van der Waals surface area contributed by atoms with Gasteiger partial charge in [0.15, 0.2) is 0 Å². The number of aromatic amines is 1. The molecule has 0 spiro atoms. The van der Waals surface area contributed by atoms with Gasteiger partial charge in [0.05, 0.1) is 11.2 Å². The van der Waals surface area contributed by atoms with Crippen molar-refractivity contribution in [1.82, 2.24) is 15.2 Å². The van der Waals surface area contributed by atoms with Gasteiger partial charge in [-0.15, -0.1) is 0 Å². The lowest BCUT2D eigenvalue weighted by molar-refractivity contribution is 0.0939. The number of likely N-dealkylation sites (N-methyl/N-ethyl adjacent to an activating group) is 1. The van der Waals surface area contributed by atoms with Crippen molar-refractivity contribution in [2.45, 2.75) is 18.9 Å². The first-order valence-electron chi connectivity index (χ1n) is 7.01. The molecule has 1 amide bonds. The zero-order valence-electron chi connectivity index (χ0n) is 11.6. The second-order valence-electron chi connectivity index (χ2n) is 5.48. The third kappa shape index (κ3) is 2.36. The molecule has 1 atom stereocenters. The smallest absolute Gasteiger partial charge is 0.267 e. The van der Waals surface area contributed by atoms with Gasteiger partial charge in [-0.2, -0.15) is 0 Å². The molecule has 0 radical (unpaired) electrons. The highest BCUT2D eigenvalue weighted by molar-refractivity contribution is 6.00. The monoisotopic (exact) mass is 272 g/mol. The second kappa shape index (κ2) is 5.17. The lowest BCUT2D eigenvalue weighted by atomic mass is 10.2. The topological polar surface area (TPSA) is 74.2 Å². The van der Waals surface area contributed by atoms with E-state index in [2.05, 4.69) is 22.2 Å². The largest absolute Gasteiger partial charge is 0.397 e. The predicted octanol–water partition coefficient (Wildman–Crippen LogP) is 1.57. The molecule has 1 saturated heterocycles. The van der Waals surface area contributed by atoms with Crippen molar-refractivity contribution < 1.29 is 4.79 Å². The number of nitrogen functional groups attached to an aromatic ring is 1. The zero-order chi connectivity index (χ0) is 14.1. The fourth-order valence-electron chi connectivity index (χ4n) is 2.84. The minimum absolute atomic E-state index is 0.0686. The van der Waals surface area contributed by atoms with Crippen molar-refractivity contribution in [3.63, 3.8) is 0 Å². The highest BCUT2D eigenvalue weighted by Crippen LogP contribution is 2.21. The molecule has 0 aliphatic carbocycles. The molecule has 2 heterocycles. The molecule has 3 rings (SSSR count). The number of nitrogens with one attached hydrogen (secondary N) is 2. The van der Waals surface area contributed by atoms with E-state index in [1.54, 1.807) is 0 Å². The van der Waals surface area contributed by atoms with Crippen LogP contribution in [-0.2, 0) is 0 Å². The summed E-state index contributed by atoms with van der Waals surface area (Å²) < 4.78 is 0. The van der Waals surface area contributed by atoms with Crippen LogP contribution in [-0.4, -0.2) is 42.0 Å². The van der Waals surface area contributed by atoms with Gasteiger partial charge in [0.2, 0.25) is 0 Å². The summed E-state index contributed by atoms with van der Waals surface area (Å²) >= 11 is 0. The number of nitrogens with two attached hydrogens (primary N) is 1. The van der Waals surface area contributed by atoms with Crippen molar-refractivity contribution in [1.29, 1.82) is 0 Å². The number of aromatic nitrogens is 1. The van der Waals surface area contributed by atoms with Crippen LogP contribution in [0.4, 0.5) is 5.69 Å². The van der Waals surface area contributed by atoms with Gasteiger partial charge in [-0.25, -0.2) is 0 Å². The number of hydrogen-bond donors (Lipinski definition) is 3. The number of anilines is 1. The highest BCUT2D eigenvalue weighted by Gasteiger charge is 2.21. The van der Waals surface area contributed by atoms with E-state index in [4.69, 9.17) is 5.73 Å². The van der Waals surface area contributed by atoms with E-state index in [9.17, 15) is 4.79 Å². The number of carbonyl (C=O) groups is 1. The second-order valence-corrected chi connectivity index (χ2v) is 5.48. The van der Waals surface area contributed by atoms with E-state index < -0.39 is 0 Å². The van der Waals surface area contributed by atoms with Crippen LogP contribution in [0.1, 0.15) is 23.3 Å². The number of H-pyrrole nitrogens is 1. The SMILES string of the molecule is CN1CCCC1CNC(=O)c1cc2cccc(N)c2[nH]1. The molecule has 1 aromatic carbocycles. The number of rotatable bonds is 3.